The molecule has 0 aliphatic rings. The Labute approximate surface area is 70.4 Å². The second kappa shape index (κ2) is 4.16. The maximum absolute atomic E-state index is 10.2. The summed E-state index contributed by atoms with van der Waals surface area (Å²) in [5.41, 5.74) is 0.732. The summed E-state index contributed by atoms with van der Waals surface area (Å²) in [6.07, 6.45) is 0. The molecule has 64 valence electrons. The van der Waals surface area contributed by atoms with Crippen molar-refractivity contribution in [1.82, 2.24) is 0 Å². The molecule has 0 aliphatic carbocycles. The first-order valence-corrected chi connectivity index (χ1v) is 4.39. The summed E-state index contributed by atoms with van der Waals surface area (Å²) in [7, 11) is -2.60. The third kappa shape index (κ3) is 2.58. The van der Waals surface area contributed by atoms with Crippen molar-refractivity contribution in [2.75, 3.05) is 0 Å². The first-order valence-electron chi connectivity index (χ1n) is 3.26. The van der Waals surface area contributed by atoms with Gasteiger partial charge in [-0.15, -0.1) is 4.89 Å². The Hall–Kier alpha value is -0.960. The first kappa shape index (κ1) is 9.13. The van der Waals surface area contributed by atoms with Crippen LogP contribution in [-0.2, 0) is 11.2 Å². The summed E-state index contributed by atoms with van der Waals surface area (Å²) in [5, 5.41) is 8.66. The summed E-state index contributed by atoms with van der Waals surface area (Å²) in [6.45, 7) is -0.0501. The molecule has 12 heavy (non-hydrogen) atoms. The molecule has 0 amide bonds. The Morgan fingerprint density at radius 1 is 1.33 bits per heavy atom. The van der Waals surface area contributed by atoms with Gasteiger partial charge in [-0.05, 0) is 17.7 Å². The molecule has 0 spiro atoms. The summed E-state index contributed by atoms with van der Waals surface area (Å²) in [4.78, 5) is 8.37. The molecule has 0 aromatic heterocycles. The fraction of sp³-hybridized carbons (Fsp3) is 0.143. The van der Waals surface area contributed by atoms with E-state index in [1.165, 1.54) is 12.1 Å². The van der Waals surface area contributed by atoms with Gasteiger partial charge in [0.15, 0.2) is 5.75 Å². The van der Waals surface area contributed by atoms with Gasteiger partial charge in [-0.25, -0.2) is 4.52 Å². The molecule has 1 rings (SSSR count). The summed E-state index contributed by atoms with van der Waals surface area (Å²) >= 11 is 0. The van der Waals surface area contributed by atoms with Crippen LogP contribution in [0.4, 0.5) is 0 Å². The van der Waals surface area contributed by atoms with E-state index in [9.17, 15) is 4.57 Å². The van der Waals surface area contributed by atoms with Crippen molar-refractivity contribution in [2.24, 2.45) is 0 Å². The van der Waals surface area contributed by atoms with Gasteiger partial charge in [-0.3, -0.25) is 0 Å². The highest BCUT2D eigenvalue weighted by Gasteiger charge is 2.13. The van der Waals surface area contributed by atoms with Crippen molar-refractivity contribution >= 4 is 8.25 Å². The van der Waals surface area contributed by atoms with E-state index in [2.05, 4.69) is 4.52 Å². The van der Waals surface area contributed by atoms with Gasteiger partial charge in [0.05, 0.1) is 6.61 Å². The zero-order valence-corrected chi connectivity index (χ0v) is 7.07. The zero-order valence-electron chi connectivity index (χ0n) is 6.17. The van der Waals surface area contributed by atoms with Crippen LogP contribution >= 0.6 is 8.25 Å². The van der Waals surface area contributed by atoms with E-state index in [4.69, 9.17) is 10.00 Å². The lowest BCUT2D eigenvalue weighted by Crippen LogP contribution is -1.83. The maximum atomic E-state index is 10.2. The third-order valence-electron chi connectivity index (χ3n) is 1.29. The van der Waals surface area contributed by atoms with Crippen molar-refractivity contribution in [3.63, 3.8) is 0 Å². The highest BCUT2D eigenvalue weighted by atomic mass is 31.1. The Bertz CT molecular complexity index is 269. The third-order valence-corrected chi connectivity index (χ3v) is 1.66. The molecular weight excluding hydrogens is 179 g/mol. The van der Waals surface area contributed by atoms with Crippen molar-refractivity contribution in [3.8, 4) is 5.75 Å². The smallest absolute Gasteiger partial charge is 0.392 e. The molecule has 1 aromatic carbocycles. The van der Waals surface area contributed by atoms with E-state index < -0.39 is 8.25 Å². The standard InChI is InChI=1S/C7H7O4P/c8-5-6-1-3-7(4-2-6)11-12(9)10/h1-4,8H,5H2/p+1. The van der Waals surface area contributed by atoms with Crippen LogP contribution < -0.4 is 4.52 Å². The molecule has 0 saturated heterocycles. The summed E-state index contributed by atoms with van der Waals surface area (Å²) in [5.74, 6) is 0.316. The number of rotatable bonds is 3. The molecule has 1 atom stereocenters. The Balaban J connectivity index is 2.71. The van der Waals surface area contributed by atoms with Gasteiger partial charge >= 0.3 is 8.25 Å². The number of benzene rings is 1. The van der Waals surface area contributed by atoms with E-state index in [0.29, 0.717) is 5.75 Å². The van der Waals surface area contributed by atoms with E-state index in [0.717, 1.165) is 5.56 Å². The molecular formula is C7H8O4P+. The van der Waals surface area contributed by atoms with Crippen molar-refractivity contribution in [3.05, 3.63) is 29.8 Å². The molecule has 0 radical (unpaired) electrons. The van der Waals surface area contributed by atoms with E-state index >= 15 is 0 Å². The van der Waals surface area contributed by atoms with Gasteiger partial charge in [-0.2, -0.15) is 0 Å². The second-order valence-corrected chi connectivity index (χ2v) is 2.79. The lowest BCUT2D eigenvalue weighted by molar-refractivity contribution is 0.282. The maximum Gasteiger partial charge on any atom is 0.747 e. The lowest BCUT2D eigenvalue weighted by Gasteiger charge is -1.94. The quantitative estimate of drug-likeness (QED) is 0.698. The normalized spacial score (nSPS) is 11.0. The number of hydrogen-bond donors (Lipinski definition) is 2. The highest BCUT2D eigenvalue weighted by molar-refractivity contribution is 7.32. The predicted molar refractivity (Wildman–Crippen MR) is 42.8 cm³/mol. The SMILES string of the molecule is O=[P+](O)Oc1ccc(CO)cc1. The fourth-order valence-corrected chi connectivity index (χ4v) is 1.05. The molecule has 0 saturated carbocycles. The molecule has 2 N–H and O–H groups in total. The van der Waals surface area contributed by atoms with Gasteiger partial charge in [-0.1, -0.05) is 12.1 Å². The van der Waals surface area contributed by atoms with Gasteiger partial charge in [0.1, 0.15) is 0 Å². The Kier molecular flexibility index (Phi) is 3.17. The highest BCUT2D eigenvalue weighted by Crippen LogP contribution is 2.22. The van der Waals surface area contributed by atoms with Crippen molar-refractivity contribution < 1.29 is 19.1 Å². The van der Waals surface area contributed by atoms with Gasteiger partial charge in [0.2, 0.25) is 0 Å². The van der Waals surface area contributed by atoms with Crippen LogP contribution in [-0.4, -0.2) is 10.00 Å². The lowest BCUT2D eigenvalue weighted by atomic mass is 10.2. The minimum Gasteiger partial charge on any atom is -0.392 e. The largest absolute Gasteiger partial charge is 0.747 e. The molecule has 1 unspecified atom stereocenters. The van der Waals surface area contributed by atoms with Crippen LogP contribution in [0.15, 0.2) is 24.3 Å². The predicted octanol–water partition coefficient (Wildman–Crippen LogP) is 1.21. The molecule has 1 aromatic rings. The van der Waals surface area contributed by atoms with Crippen molar-refractivity contribution in [2.45, 2.75) is 6.61 Å². The molecule has 5 heteroatoms. The monoisotopic (exact) mass is 187 g/mol. The molecule has 0 fully saturated rings. The second-order valence-electron chi connectivity index (χ2n) is 2.13. The van der Waals surface area contributed by atoms with E-state index in [-0.39, 0.29) is 6.61 Å². The summed E-state index contributed by atoms with van der Waals surface area (Å²) in [6, 6.07) is 6.28. The number of hydrogen-bond acceptors (Lipinski definition) is 3. The van der Waals surface area contributed by atoms with Gasteiger partial charge in [0.25, 0.3) is 0 Å². The van der Waals surface area contributed by atoms with Crippen LogP contribution in [0.3, 0.4) is 0 Å². The van der Waals surface area contributed by atoms with E-state index in [1.54, 1.807) is 12.1 Å². The van der Waals surface area contributed by atoms with Crippen molar-refractivity contribution in [1.29, 1.82) is 0 Å². The van der Waals surface area contributed by atoms with E-state index in [1.807, 2.05) is 0 Å². The van der Waals surface area contributed by atoms with Crippen LogP contribution in [0.2, 0.25) is 0 Å². The average molecular weight is 187 g/mol. The Morgan fingerprint density at radius 2 is 1.92 bits per heavy atom. The zero-order chi connectivity index (χ0) is 8.97. The minimum atomic E-state index is -2.60. The number of aliphatic hydroxyl groups excluding tert-OH is 1. The van der Waals surface area contributed by atoms with Crippen LogP contribution in [0, 0.1) is 0 Å². The minimum absolute atomic E-state index is 0.0501. The first-order chi connectivity index (χ1) is 5.72. The average Bonchev–Trinajstić information content (AvgIpc) is 2.05. The summed E-state index contributed by atoms with van der Waals surface area (Å²) < 4.78 is 14.7. The number of aliphatic hydroxyl groups is 1. The molecule has 0 heterocycles. The molecule has 0 bridgehead atoms. The van der Waals surface area contributed by atoms with Gasteiger partial charge < -0.3 is 5.11 Å². The van der Waals surface area contributed by atoms with Gasteiger partial charge in [0, 0.05) is 4.57 Å². The van der Waals surface area contributed by atoms with Crippen LogP contribution in [0.1, 0.15) is 5.56 Å². The fourth-order valence-electron chi connectivity index (χ4n) is 0.746. The topological polar surface area (TPSA) is 66.8 Å². The molecule has 4 nitrogen and oxygen atoms in total. The van der Waals surface area contributed by atoms with Crippen LogP contribution in [0.25, 0.3) is 0 Å². The van der Waals surface area contributed by atoms with Crippen LogP contribution in [0.5, 0.6) is 5.75 Å². The Morgan fingerprint density at radius 3 is 2.33 bits per heavy atom. The molecule has 0 aliphatic heterocycles.